The van der Waals surface area contributed by atoms with Crippen molar-refractivity contribution in [2.24, 2.45) is 5.73 Å². The van der Waals surface area contributed by atoms with Gasteiger partial charge in [0, 0.05) is 6.42 Å². The van der Waals surface area contributed by atoms with Gasteiger partial charge in [-0.15, -0.1) is 0 Å². The van der Waals surface area contributed by atoms with Crippen molar-refractivity contribution in [2.75, 3.05) is 0 Å². The third kappa shape index (κ3) is 4.63. The topological polar surface area (TPSA) is 129 Å². The van der Waals surface area contributed by atoms with Gasteiger partial charge in [0.2, 0.25) is 15.9 Å². The van der Waals surface area contributed by atoms with Gasteiger partial charge in [-0.05, 0) is 25.5 Å². The quantitative estimate of drug-likeness (QED) is 0.643. The Labute approximate surface area is 116 Å². The van der Waals surface area contributed by atoms with Crippen molar-refractivity contribution < 1.29 is 23.1 Å². The summed E-state index contributed by atoms with van der Waals surface area (Å²) in [7, 11) is -3.99. The monoisotopic (exact) mass is 299 g/mol. The smallest absolute Gasteiger partial charge is 0.241 e. The number of aryl methyl sites for hydroxylation is 1. The second-order valence-corrected chi connectivity index (χ2v) is 6.02. The minimum atomic E-state index is -3.99. The molecular weight excluding hydrogens is 284 g/mol. The fourth-order valence-corrected chi connectivity index (χ4v) is 2.70. The van der Waals surface area contributed by atoms with Crippen LogP contribution in [0.3, 0.4) is 0 Å². The number of hydrogen-bond donors (Lipinski definition) is 2. The highest BCUT2D eigenvalue weighted by Gasteiger charge is 2.21. The Hall–Kier alpha value is -1.93. The number of carboxylic acids is 1. The lowest BCUT2D eigenvalue weighted by Crippen LogP contribution is -2.48. The molecule has 0 fully saturated rings. The van der Waals surface area contributed by atoms with Crippen molar-refractivity contribution in [3.8, 4) is 0 Å². The zero-order valence-electron chi connectivity index (χ0n) is 10.8. The highest BCUT2D eigenvalue weighted by Crippen LogP contribution is 2.11. The minimum absolute atomic E-state index is 0.0616. The van der Waals surface area contributed by atoms with Gasteiger partial charge >= 0.3 is 0 Å². The third-order valence-corrected chi connectivity index (χ3v) is 4.08. The molecule has 1 rings (SSSR count). The molecule has 0 spiro atoms. The van der Waals surface area contributed by atoms with Gasteiger partial charge in [0.25, 0.3) is 0 Å². The molecule has 1 atom stereocenters. The molecule has 0 heterocycles. The Morgan fingerprint density at radius 3 is 2.30 bits per heavy atom. The zero-order valence-corrected chi connectivity index (χ0v) is 11.6. The maximum atomic E-state index is 12.0. The number of nitrogens with two attached hydrogens (primary N) is 1. The number of carboxylic acid groups (broad SMARTS) is 1. The molecule has 8 heteroatoms. The normalized spacial score (nSPS) is 12.8. The number of carbonyl (C=O) groups excluding carboxylic acids is 2. The largest absolute Gasteiger partial charge is 0.548 e. The Bertz CT molecular complexity index is 595. The number of amides is 1. The van der Waals surface area contributed by atoms with Gasteiger partial charge in [-0.1, -0.05) is 17.7 Å². The van der Waals surface area contributed by atoms with E-state index >= 15 is 0 Å². The lowest BCUT2D eigenvalue weighted by Gasteiger charge is -2.19. The SMILES string of the molecule is Cc1ccc(S(=O)(=O)N[C@H](CCC(N)=O)C(=O)[O-])cc1. The Kier molecular flexibility index (Phi) is 5.23. The fourth-order valence-electron chi connectivity index (χ4n) is 1.48. The maximum Gasteiger partial charge on any atom is 0.241 e. The summed E-state index contributed by atoms with van der Waals surface area (Å²) < 4.78 is 26.0. The summed E-state index contributed by atoms with van der Waals surface area (Å²) in [5.74, 6) is -2.33. The number of carbonyl (C=O) groups is 2. The molecule has 0 radical (unpaired) electrons. The highest BCUT2D eigenvalue weighted by molar-refractivity contribution is 7.89. The van der Waals surface area contributed by atoms with Crippen molar-refractivity contribution >= 4 is 21.9 Å². The number of benzene rings is 1. The van der Waals surface area contributed by atoms with Crippen molar-refractivity contribution in [1.29, 1.82) is 0 Å². The molecule has 0 unspecified atom stereocenters. The van der Waals surface area contributed by atoms with E-state index in [1.54, 1.807) is 19.1 Å². The molecule has 1 aromatic rings. The molecule has 0 bridgehead atoms. The first kappa shape index (κ1) is 16.1. The van der Waals surface area contributed by atoms with Gasteiger partial charge in [-0.25, -0.2) is 13.1 Å². The van der Waals surface area contributed by atoms with E-state index < -0.39 is 27.9 Å². The Morgan fingerprint density at radius 2 is 1.85 bits per heavy atom. The van der Waals surface area contributed by atoms with Crippen molar-refractivity contribution in [3.63, 3.8) is 0 Å². The first-order valence-corrected chi connectivity index (χ1v) is 7.29. The van der Waals surface area contributed by atoms with E-state index in [-0.39, 0.29) is 17.7 Å². The van der Waals surface area contributed by atoms with Crippen LogP contribution in [-0.4, -0.2) is 26.3 Å². The fraction of sp³-hybridized carbons (Fsp3) is 0.333. The van der Waals surface area contributed by atoms with E-state index in [9.17, 15) is 23.1 Å². The number of aliphatic carboxylic acids is 1. The highest BCUT2D eigenvalue weighted by atomic mass is 32.2. The molecule has 0 aromatic heterocycles. The summed E-state index contributed by atoms with van der Waals surface area (Å²) >= 11 is 0. The summed E-state index contributed by atoms with van der Waals surface area (Å²) in [5.41, 5.74) is 5.77. The molecule has 110 valence electrons. The predicted molar refractivity (Wildman–Crippen MR) is 68.7 cm³/mol. The molecule has 3 N–H and O–H groups in total. The van der Waals surface area contributed by atoms with Crippen LogP contribution in [0.15, 0.2) is 29.2 Å². The molecule has 0 saturated carbocycles. The molecule has 20 heavy (non-hydrogen) atoms. The molecule has 0 aliphatic carbocycles. The molecule has 0 aliphatic rings. The van der Waals surface area contributed by atoms with E-state index in [2.05, 4.69) is 0 Å². The molecule has 1 amide bonds. The first-order chi connectivity index (χ1) is 9.22. The maximum absolute atomic E-state index is 12.0. The number of rotatable bonds is 7. The zero-order chi connectivity index (χ0) is 15.3. The molecule has 1 aromatic carbocycles. The molecule has 7 nitrogen and oxygen atoms in total. The number of hydrogen-bond acceptors (Lipinski definition) is 5. The Morgan fingerprint density at radius 1 is 1.30 bits per heavy atom. The van der Waals surface area contributed by atoms with Crippen LogP contribution in [0.4, 0.5) is 0 Å². The van der Waals surface area contributed by atoms with Crippen LogP contribution in [0.1, 0.15) is 18.4 Å². The van der Waals surface area contributed by atoms with Crippen molar-refractivity contribution in [3.05, 3.63) is 29.8 Å². The molecule has 0 saturated heterocycles. The van der Waals surface area contributed by atoms with E-state index in [0.29, 0.717) is 0 Å². The predicted octanol–water partition coefficient (Wildman–Crippen LogP) is -1.34. The van der Waals surface area contributed by atoms with E-state index in [4.69, 9.17) is 5.73 Å². The lowest BCUT2D eigenvalue weighted by molar-refractivity contribution is -0.308. The minimum Gasteiger partial charge on any atom is -0.548 e. The van der Waals surface area contributed by atoms with Crippen LogP contribution in [-0.2, 0) is 19.6 Å². The number of primary amides is 1. The van der Waals surface area contributed by atoms with Crippen LogP contribution < -0.4 is 15.6 Å². The van der Waals surface area contributed by atoms with Crippen LogP contribution in [0.2, 0.25) is 0 Å². The van der Waals surface area contributed by atoms with E-state index in [0.717, 1.165) is 5.56 Å². The average molecular weight is 299 g/mol. The summed E-state index contributed by atoms with van der Waals surface area (Å²) in [5, 5.41) is 10.9. The van der Waals surface area contributed by atoms with Crippen LogP contribution in [0, 0.1) is 6.92 Å². The second kappa shape index (κ2) is 6.49. The summed E-state index contributed by atoms with van der Waals surface area (Å²) in [6.07, 6.45) is -0.516. The first-order valence-electron chi connectivity index (χ1n) is 5.80. The third-order valence-electron chi connectivity index (χ3n) is 2.59. The van der Waals surface area contributed by atoms with Gasteiger partial charge in [0.15, 0.2) is 0 Å². The van der Waals surface area contributed by atoms with Crippen molar-refractivity contribution in [1.82, 2.24) is 4.72 Å². The van der Waals surface area contributed by atoms with Crippen LogP contribution in [0.5, 0.6) is 0 Å². The second-order valence-electron chi connectivity index (χ2n) is 4.31. The summed E-state index contributed by atoms with van der Waals surface area (Å²) in [6.45, 7) is 1.79. The van der Waals surface area contributed by atoms with E-state index in [1.807, 2.05) is 4.72 Å². The standard InChI is InChI=1S/C12H16N2O5S/c1-8-2-4-9(5-3-8)20(18,19)14-10(12(16)17)6-7-11(13)15/h2-5,10,14H,6-7H2,1H3,(H2,13,15)(H,16,17)/p-1/t10-/m1/s1. The van der Waals surface area contributed by atoms with Gasteiger partial charge in [0.1, 0.15) is 0 Å². The van der Waals surface area contributed by atoms with Gasteiger partial charge < -0.3 is 15.6 Å². The lowest BCUT2D eigenvalue weighted by atomic mass is 10.2. The number of sulfonamides is 1. The number of nitrogens with one attached hydrogen (secondary N) is 1. The average Bonchev–Trinajstić information content (AvgIpc) is 2.34. The Balaban J connectivity index is 2.88. The van der Waals surface area contributed by atoms with Crippen molar-refractivity contribution in [2.45, 2.75) is 30.7 Å². The summed E-state index contributed by atoms with van der Waals surface area (Å²) in [6, 6.07) is 4.39. The van der Waals surface area contributed by atoms with Crippen LogP contribution >= 0.6 is 0 Å². The van der Waals surface area contributed by atoms with Crippen LogP contribution in [0.25, 0.3) is 0 Å². The van der Waals surface area contributed by atoms with Gasteiger partial charge in [-0.2, -0.15) is 0 Å². The van der Waals surface area contributed by atoms with Gasteiger partial charge in [-0.3, -0.25) is 4.79 Å². The molecular formula is C12H15N2O5S-. The molecule has 0 aliphatic heterocycles. The van der Waals surface area contributed by atoms with E-state index in [1.165, 1.54) is 12.1 Å². The van der Waals surface area contributed by atoms with Gasteiger partial charge in [0.05, 0.1) is 16.9 Å². The summed E-state index contributed by atoms with van der Waals surface area (Å²) in [4.78, 5) is 21.5.